The maximum absolute atomic E-state index is 11.2. The summed E-state index contributed by atoms with van der Waals surface area (Å²) in [6.45, 7) is -2.22. The standard InChI is InChI=1S/C6H12NO8P/c8-2-6(11,3-16(13,14)15)5(10)1-7(12)4-9/h4,8,11-12H,1-3H2,(H2,13,14,15). The summed E-state index contributed by atoms with van der Waals surface area (Å²) in [7, 11) is -4.73. The van der Waals surface area contributed by atoms with E-state index in [1.807, 2.05) is 0 Å². The third kappa shape index (κ3) is 4.79. The Kier molecular flexibility index (Phi) is 5.20. The van der Waals surface area contributed by atoms with Gasteiger partial charge in [-0.05, 0) is 0 Å². The van der Waals surface area contributed by atoms with Crippen molar-refractivity contribution in [1.29, 1.82) is 0 Å². The maximum Gasteiger partial charge on any atom is 0.329 e. The lowest BCUT2D eigenvalue weighted by Crippen LogP contribution is -2.50. The lowest BCUT2D eigenvalue weighted by molar-refractivity contribution is -0.162. The van der Waals surface area contributed by atoms with E-state index in [2.05, 4.69) is 0 Å². The molecule has 0 aliphatic heterocycles. The molecule has 1 amide bonds. The average Bonchev–Trinajstić information content (AvgIpc) is 2.14. The molecule has 0 saturated heterocycles. The topological polar surface area (TPSA) is 156 Å². The van der Waals surface area contributed by atoms with Crippen molar-refractivity contribution < 1.29 is 39.4 Å². The Hall–Kier alpha value is -0.830. The van der Waals surface area contributed by atoms with Gasteiger partial charge in [-0.25, -0.2) is 5.06 Å². The number of carbonyl (C=O) groups excluding carboxylic acids is 2. The summed E-state index contributed by atoms with van der Waals surface area (Å²) in [5.41, 5.74) is -2.69. The van der Waals surface area contributed by atoms with E-state index < -0.39 is 38.3 Å². The maximum atomic E-state index is 11.2. The Morgan fingerprint density at radius 3 is 2.25 bits per heavy atom. The molecule has 0 fully saturated rings. The quantitative estimate of drug-likeness (QED) is 0.143. The van der Waals surface area contributed by atoms with Gasteiger partial charge < -0.3 is 20.0 Å². The summed E-state index contributed by atoms with van der Waals surface area (Å²) < 4.78 is 10.6. The highest BCUT2D eigenvalue weighted by Gasteiger charge is 2.41. The van der Waals surface area contributed by atoms with E-state index in [0.29, 0.717) is 0 Å². The first-order valence-electron chi connectivity index (χ1n) is 3.96. The molecule has 1 atom stereocenters. The molecule has 0 heterocycles. The number of Topliss-reactive ketones (excluding diaryl/α,β-unsaturated/α-hetero) is 1. The predicted octanol–water partition coefficient (Wildman–Crippen LogP) is -2.70. The SMILES string of the molecule is O=CN(O)CC(=O)C(O)(CO)CP(=O)(O)O. The highest BCUT2D eigenvalue weighted by Crippen LogP contribution is 2.38. The van der Waals surface area contributed by atoms with Crippen LogP contribution in [0.3, 0.4) is 0 Å². The van der Waals surface area contributed by atoms with Gasteiger partial charge in [0.25, 0.3) is 0 Å². The molecule has 16 heavy (non-hydrogen) atoms. The molecule has 0 saturated carbocycles. The molecule has 0 spiro atoms. The van der Waals surface area contributed by atoms with Crippen LogP contribution in [0.15, 0.2) is 0 Å². The minimum atomic E-state index is -4.73. The van der Waals surface area contributed by atoms with Gasteiger partial charge in [0.2, 0.25) is 6.41 Å². The van der Waals surface area contributed by atoms with Crippen LogP contribution < -0.4 is 0 Å². The van der Waals surface area contributed by atoms with Crippen molar-refractivity contribution in [3.05, 3.63) is 0 Å². The first-order valence-corrected chi connectivity index (χ1v) is 5.76. The van der Waals surface area contributed by atoms with Crippen LogP contribution >= 0.6 is 7.60 Å². The van der Waals surface area contributed by atoms with E-state index in [4.69, 9.17) is 20.1 Å². The van der Waals surface area contributed by atoms with Gasteiger partial charge in [-0.2, -0.15) is 0 Å². The second kappa shape index (κ2) is 5.48. The Balaban J connectivity index is 4.75. The molecule has 5 N–H and O–H groups in total. The zero-order valence-electron chi connectivity index (χ0n) is 8.05. The molecular weight excluding hydrogens is 245 g/mol. The Morgan fingerprint density at radius 1 is 1.44 bits per heavy atom. The zero-order chi connectivity index (χ0) is 13.0. The Bertz CT molecular complexity index is 314. The van der Waals surface area contributed by atoms with Crippen LogP contribution in [-0.4, -0.2) is 67.4 Å². The number of hydrogen-bond acceptors (Lipinski definition) is 6. The van der Waals surface area contributed by atoms with Gasteiger partial charge in [0.05, 0.1) is 12.8 Å². The summed E-state index contributed by atoms with van der Waals surface area (Å²) in [5, 5.41) is 26.6. The molecule has 0 rings (SSSR count). The van der Waals surface area contributed by atoms with E-state index in [-0.39, 0.29) is 11.5 Å². The van der Waals surface area contributed by atoms with Crippen molar-refractivity contribution in [2.24, 2.45) is 0 Å². The normalized spacial score (nSPS) is 15.3. The predicted molar refractivity (Wildman–Crippen MR) is 48.5 cm³/mol. The highest BCUT2D eigenvalue weighted by atomic mass is 31.2. The summed E-state index contributed by atoms with van der Waals surface area (Å²) in [6, 6.07) is 0. The first kappa shape index (κ1) is 15.2. The number of hydroxylamine groups is 2. The van der Waals surface area contributed by atoms with Gasteiger partial charge in [0.15, 0.2) is 11.4 Å². The van der Waals surface area contributed by atoms with Gasteiger partial charge in [-0.3, -0.25) is 19.4 Å². The molecule has 0 aliphatic carbocycles. The van der Waals surface area contributed by atoms with Crippen LogP contribution in [0.25, 0.3) is 0 Å². The fourth-order valence-electron chi connectivity index (χ4n) is 0.899. The fourth-order valence-corrected chi connectivity index (χ4v) is 1.86. The Morgan fingerprint density at radius 2 is 1.94 bits per heavy atom. The number of aliphatic hydroxyl groups excluding tert-OH is 1. The van der Waals surface area contributed by atoms with Crippen LogP contribution in [0.5, 0.6) is 0 Å². The van der Waals surface area contributed by atoms with Crippen LogP contribution in [-0.2, 0) is 14.2 Å². The van der Waals surface area contributed by atoms with Crippen molar-refractivity contribution in [1.82, 2.24) is 5.06 Å². The lowest BCUT2D eigenvalue weighted by Gasteiger charge is -2.25. The zero-order valence-corrected chi connectivity index (χ0v) is 8.95. The minimum Gasteiger partial charge on any atom is -0.393 e. The van der Waals surface area contributed by atoms with Crippen molar-refractivity contribution >= 4 is 19.8 Å². The van der Waals surface area contributed by atoms with E-state index in [1.165, 1.54) is 0 Å². The first-order chi connectivity index (χ1) is 7.14. The second-order valence-corrected chi connectivity index (χ2v) is 4.78. The molecule has 0 aliphatic rings. The number of hydrogen-bond donors (Lipinski definition) is 5. The average molecular weight is 257 g/mol. The third-order valence-electron chi connectivity index (χ3n) is 1.68. The second-order valence-electron chi connectivity index (χ2n) is 3.14. The van der Waals surface area contributed by atoms with Crippen LogP contribution in [0.4, 0.5) is 0 Å². The number of aliphatic hydroxyl groups is 2. The third-order valence-corrected chi connectivity index (χ3v) is 2.61. The molecule has 10 heteroatoms. The molecule has 0 aromatic carbocycles. The monoisotopic (exact) mass is 257 g/mol. The molecule has 9 nitrogen and oxygen atoms in total. The molecule has 1 unspecified atom stereocenters. The fraction of sp³-hybridized carbons (Fsp3) is 0.667. The van der Waals surface area contributed by atoms with Crippen molar-refractivity contribution in [3.63, 3.8) is 0 Å². The molecule has 0 bridgehead atoms. The number of ketones is 1. The number of nitrogens with zero attached hydrogens (tertiary/aromatic N) is 1. The van der Waals surface area contributed by atoms with Gasteiger partial charge in [-0.15, -0.1) is 0 Å². The summed E-state index contributed by atoms with van der Waals surface area (Å²) in [5.74, 6) is -1.28. The van der Waals surface area contributed by atoms with Crippen molar-refractivity contribution in [2.45, 2.75) is 5.60 Å². The van der Waals surface area contributed by atoms with Crippen LogP contribution in [0, 0.1) is 0 Å². The largest absolute Gasteiger partial charge is 0.393 e. The number of amides is 1. The molecule has 0 aromatic heterocycles. The number of rotatable bonds is 7. The van der Waals surface area contributed by atoms with Crippen LogP contribution in [0.2, 0.25) is 0 Å². The lowest BCUT2D eigenvalue weighted by atomic mass is 10.0. The Labute approximate surface area is 90.0 Å². The molecular formula is C6H12NO8P. The summed E-state index contributed by atoms with van der Waals surface area (Å²) >= 11 is 0. The highest BCUT2D eigenvalue weighted by molar-refractivity contribution is 7.51. The minimum absolute atomic E-state index is 0.122. The molecule has 94 valence electrons. The van der Waals surface area contributed by atoms with Crippen molar-refractivity contribution in [3.8, 4) is 0 Å². The van der Waals surface area contributed by atoms with E-state index in [0.717, 1.165) is 0 Å². The number of carbonyl (C=O) groups is 2. The molecule has 0 aromatic rings. The van der Waals surface area contributed by atoms with E-state index in [1.54, 1.807) is 0 Å². The van der Waals surface area contributed by atoms with Crippen molar-refractivity contribution in [2.75, 3.05) is 19.3 Å². The van der Waals surface area contributed by atoms with Gasteiger partial charge >= 0.3 is 7.60 Å². The van der Waals surface area contributed by atoms with Gasteiger partial charge in [-0.1, -0.05) is 0 Å². The molecule has 0 radical (unpaired) electrons. The summed E-state index contributed by atoms with van der Waals surface area (Å²) in [4.78, 5) is 38.3. The van der Waals surface area contributed by atoms with Gasteiger partial charge in [0.1, 0.15) is 6.54 Å². The smallest absolute Gasteiger partial charge is 0.329 e. The van der Waals surface area contributed by atoms with Crippen LogP contribution in [0.1, 0.15) is 0 Å². The van der Waals surface area contributed by atoms with Gasteiger partial charge in [0, 0.05) is 0 Å². The van der Waals surface area contributed by atoms with E-state index in [9.17, 15) is 19.3 Å². The summed E-state index contributed by atoms with van der Waals surface area (Å²) in [6.07, 6.45) is -1.42. The van der Waals surface area contributed by atoms with E-state index >= 15 is 0 Å².